The van der Waals surface area contributed by atoms with Gasteiger partial charge in [-0.15, -0.1) is 0 Å². The smallest absolute Gasteiger partial charge is 0.0839 e. The Hall–Kier alpha value is -0.570. The molecule has 2 unspecified atom stereocenters. The summed E-state index contributed by atoms with van der Waals surface area (Å²) >= 11 is 6.03. The van der Waals surface area contributed by atoms with Crippen LogP contribution in [-0.4, -0.2) is 22.4 Å². The van der Waals surface area contributed by atoms with Gasteiger partial charge in [0, 0.05) is 11.4 Å². The van der Waals surface area contributed by atoms with Gasteiger partial charge in [-0.3, -0.25) is 0 Å². The van der Waals surface area contributed by atoms with E-state index in [0.717, 1.165) is 11.1 Å². The first-order valence-corrected chi connectivity index (χ1v) is 5.53. The van der Waals surface area contributed by atoms with Crippen LogP contribution in [0.5, 0.6) is 0 Å². The Bertz CT molecular complexity index is 325. The molecule has 0 aliphatic carbocycles. The van der Waals surface area contributed by atoms with Crippen molar-refractivity contribution < 1.29 is 10.2 Å². The number of halogens is 1. The number of hydrogen-bond acceptors (Lipinski definition) is 2. The van der Waals surface area contributed by atoms with Crippen molar-refractivity contribution in [3.05, 3.63) is 34.3 Å². The van der Waals surface area contributed by atoms with E-state index in [1.165, 1.54) is 0 Å². The van der Waals surface area contributed by atoms with Crippen LogP contribution < -0.4 is 0 Å². The molecule has 1 aromatic carbocycles. The number of hydrogen-bond donors (Lipinski definition) is 2. The van der Waals surface area contributed by atoms with Gasteiger partial charge in [-0.1, -0.05) is 30.7 Å². The minimum atomic E-state index is -0.741. The van der Waals surface area contributed by atoms with Gasteiger partial charge < -0.3 is 10.2 Å². The molecule has 2 nitrogen and oxygen atoms in total. The summed E-state index contributed by atoms with van der Waals surface area (Å²) in [7, 11) is 0. The highest BCUT2D eigenvalue weighted by atomic mass is 35.5. The van der Waals surface area contributed by atoms with Gasteiger partial charge in [-0.25, -0.2) is 0 Å². The molecule has 0 bridgehead atoms. The number of aliphatic hydroxyl groups is 2. The molecule has 0 saturated heterocycles. The predicted octanol–water partition coefficient (Wildman–Crippen LogP) is 2.32. The van der Waals surface area contributed by atoms with Crippen LogP contribution in [0.3, 0.4) is 0 Å². The summed E-state index contributed by atoms with van der Waals surface area (Å²) in [4.78, 5) is 0. The second-order valence-corrected chi connectivity index (χ2v) is 4.25. The molecule has 0 saturated carbocycles. The second-order valence-electron chi connectivity index (χ2n) is 3.84. The van der Waals surface area contributed by atoms with Gasteiger partial charge in [0.1, 0.15) is 0 Å². The minimum Gasteiger partial charge on any atom is -0.390 e. The van der Waals surface area contributed by atoms with Gasteiger partial charge in [-0.05, 0) is 30.5 Å². The van der Waals surface area contributed by atoms with E-state index in [4.69, 9.17) is 11.6 Å². The summed E-state index contributed by atoms with van der Waals surface area (Å²) < 4.78 is 0. The fourth-order valence-electron chi connectivity index (χ4n) is 1.45. The molecule has 84 valence electrons. The Morgan fingerprint density at radius 2 is 1.93 bits per heavy atom. The van der Waals surface area contributed by atoms with E-state index < -0.39 is 12.2 Å². The molecule has 0 fully saturated rings. The van der Waals surface area contributed by atoms with E-state index in [2.05, 4.69) is 0 Å². The van der Waals surface area contributed by atoms with Crippen LogP contribution in [0.25, 0.3) is 0 Å². The monoisotopic (exact) mass is 228 g/mol. The Morgan fingerprint density at radius 3 is 2.47 bits per heavy atom. The highest BCUT2D eigenvalue weighted by Gasteiger charge is 2.15. The standard InChI is InChI=1S/C12H17ClO2/c1-3-11(14)12(15)7-9-5-4-8(2)6-10(9)13/h4-6,11-12,14-15H,3,7H2,1-2H3. The van der Waals surface area contributed by atoms with Crippen molar-refractivity contribution >= 4 is 11.6 Å². The quantitative estimate of drug-likeness (QED) is 0.831. The summed E-state index contributed by atoms with van der Waals surface area (Å²) in [5, 5.41) is 19.7. The zero-order valence-electron chi connectivity index (χ0n) is 9.07. The highest BCUT2D eigenvalue weighted by Crippen LogP contribution is 2.20. The van der Waals surface area contributed by atoms with Crippen molar-refractivity contribution in [2.75, 3.05) is 0 Å². The summed E-state index contributed by atoms with van der Waals surface area (Å²) in [5.41, 5.74) is 1.97. The molecule has 2 N–H and O–H groups in total. The van der Waals surface area contributed by atoms with E-state index in [0.29, 0.717) is 17.9 Å². The van der Waals surface area contributed by atoms with Crippen LogP contribution in [0, 0.1) is 6.92 Å². The first kappa shape index (κ1) is 12.5. The second kappa shape index (κ2) is 5.50. The molecule has 2 atom stereocenters. The van der Waals surface area contributed by atoms with E-state index in [-0.39, 0.29) is 0 Å². The minimum absolute atomic E-state index is 0.397. The SMILES string of the molecule is CCC(O)C(O)Cc1ccc(C)cc1Cl. The van der Waals surface area contributed by atoms with E-state index in [1.54, 1.807) is 0 Å². The molecule has 0 aliphatic heterocycles. The third-order valence-corrected chi connectivity index (χ3v) is 2.85. The van der Waals surface area contributed by atoms with Gasteiger partial charge in [-0.2, -0.15) is 0 Å². The molecule has 0 heterocycles. The van der Waals surface area contributed by atoms with Crippen LogP contribution >= 0.6 is 11.6 Å². The van der Waals surface area contributed by atoms with Crippen molar-refractivity contribution in [2.24, 2.45) is 0 Å². The number of rotatable bonds is 4. The molecule has 1 rings (SSSR count). The number of aryl methyl sites for hydroxylation is 1. The summed E-state index contributed by atoms with van der Waals surface area (Å²) in [5.74, 6) is 0. The average molecular weight is 229 g/mol. The van der Waals surface area contributed by atoms with Gasteiger partial charge in [0.2, 0.25) is 0 Å². The van der Waals surface area contributed by atoms with Crippen molar-refractivity contribution in [1.29, 1.82) is 0 Å². The summed E-state index contributed by atoms with van der Waals surface area (Å²) in [6.07, 6.45) is -0.476. The lowest BCUT2D eigenvalue weighted by molar-refractivity contribution is 0.0182. The predicted molar refractivity (Wildman–Crippen MR) is 62.2 cm³/mol. The Labute approximate surface area is 95.5 Å². The summed E-state index contributed by atoms with van der Waals surface area (Å²) in [6.45, 7) is 3.80. The fraction of sp³-hybridized carbons (Fsp3) is 0.500. The summed E-state index contributed by atoms with van der Waals surface area (Å²) in [6, 6.07) is 5.71. The fourth-order valence-corrected chi connectivity index (χ4v) is 1.76. The van der Waals surface area contributed by atoms with Crippen molar-refractivity contribution in [2.45, 2.75) is 38.9 Å². The molecule has 3 heteroatoms. The zero-order chi connectivity index (χ0) is 11.4. The first-order chi connectivity index (χ1) is 7.04. The van der Waals surface area contributed by atoms with Gasteiger partial charge in [0.25, 0.3) is 0 Å². The van der Waals surface area contributed by atoms with Crippen LogP contribution in [0.15, 0.2) is 18.2 Å². The maximum absolute atomic E-state index is 9.66. The first-order valence-electron chi connectivity index (χ1n) is 5.15. The molecule has 0 aromatic heterocycles. The molecule has 15 heavy (non-hydrogen) atoms. The lowest BCUT2D eigenvalue weighted by Gasteiger charge is -2.16. The Kier molecular flexibility index (Phi) is 4.58. The number of aliphatic hydroxyl groups excluding tert-OH is 2. The third kappa shape index (κ3) is 3.49. The van der Waals surface area contributed by atoms with Gasteiger partial charge in [0.05, 0.1) is 12.2 Å². The van der Waals surface area contributed by atoms with E-state index in [9.17, 15) is 10.2 Å². The highest BCUT2D eigenvalue weighted by molar-refractivity contribution is 6.31. The van der Waals surface area contributed by atoms with Crippen LogP contribution in [-0.2, 0) is 6.42 Å². The molecule has 0 amide bonds. The maximum Gasteiger partial charge on any atom is 0.0839 e. The van der Waals surface area contributed by atoms with Crippen LogP contribution in [0.2, 0.25) is 5.02 Å². The van der Waals surface area contributed by atoms with Gasteiger partial charge in [0.15, 0.2) is 0 Å². The maximum atomic E-state index is 9.66. The zero-order valence-corrected chi connectivity index (χ0v) is 9.83. The average Bonchev–Trinajstić information content (AvgIpc) is 2.20. The van der Waals surface area contributed by atoms with E-state index >= 15 is 0 Å². The molecular formula is C12H17ClO2. The normalized spacial score (nSPS) is 15.0. The van der Waals surface area contributed by atoms with Crippen LogP contribution in [0.1, 0.15) is 24.5 Å². The number of benzene rings is 1. The molecule has 0 spiro atoms. The van der Waals surface area contributed by atoms with Crippen molar-refractivity contribution in [3.63, 3.8) is 0 Å². The van der Waals surface area contributed by atoms with E-state index in [1.807, 2.05) is 32.0 Å². The lowest BCUT2D eigenvalue weighted by Crippen LogP contribution is -2.27. The van der Waals surface area contributed by atoms with Crippen LogP contribution in [0.4, 0.5) is 0 Å². The topological polar surface area (TPSA) is 40.5 Å². The molecule has 0 aliphatic rings. The third-order valence-electron chi connectivity index (χ3n) is 2.50. The lowest BCUT2D eigenvalue weighted by atomic mass is 10.0. The Balaban J connectivity index is 2.72. The molecule has 0 radical (unpaired) electrons. The molecular weight excluding hydrogens is 212 g/mol. The van der Waals surface area contributed by atoms with Crippen molar-refractivity contribution in [1.82, 2.24) is 0 Å². The van der Waals surface area contributed by atoms with Crippen molar-refractivity contribution in [3.8, 4) is 0 Å². The Morgan fingerprint density at radius 1 is 1.27 bits per heavy atom. The van der Waals surface area contributed by atoms with Gasteiger partial charge >= 0.3 is 0 Å². The largest absolute Gasteiger partial charge is 0.390 e. The molecule has 1 aromatic rings.